The van der Waals surface area contributed by atoms with Crippen molar-refractivity contribution in [3.8, 4) is 0 Å². The van der Waals surface area contributed by atoms with E-state index in [1.54, 1.807) is 0 Å². The number of carbonyl (C=O) groups excluding carboxylic acids is 2. The van der Waals surface area contributed by atoms with Crippen LogP contribution in [0.3, 0.4) is 0 Å². The van der Waals surface area contributed by atoms with E-state index in [0.29, 0.717) is 0 Å². The zero-order chi connectivity index (χ0) is 7.44. The molecule has 0 saturated carbocycles. The third kappa shape index (κ3) is 14.3. The van der Waals surface area contributed by atoms with E-state index >= 15 is 0 Å². The molecule has 0 heterocycles. The predicted octanol–water partition coefficient (Wildman–Crippen LogP) is -12.9. The number of carbonyl (C=O) groups is 2. The van der Waals surface area contributed by atoms with Crippen LogP contribution in [0.15, 0.2) is 0 Å². The van der Waals surface area contributed by atoms with Crippen LogP contribution in [-0.2, 0) is 9.59 Å². The molecule has 1 unspecified atom stereocenters. The van der Waals surface area contributed by atoms with Gasteiger partial charge in [-0.25, -0.2) is 0 Å². The van der Waals surface area contributed by atoms with Crippen LogP contribution in [-0.4, -0.2) is 23.1 Å². The van der Waals surface area contributed by atoms with Gasteiger partial charge in [0.15, 0.2) is 0 Å². The standard InChI is InChI=1S/C4H5O5.3Na/c5-2(4(8)9)1-3(6)7;;;/h1-2,5H,(H,6,7)(H,8,9);;;/q-1;3*+1/p-2. The van der Waals surface area contributed by atoms with Crippen LogP contribution in [0.25, 0.3) is 0 Å². The second kappa shape index (κ2) is 12.8. The van der Waals surface area contributed by atoms with Crippen molar-refractivity contribution >= 4 is 11.9 Å². The van der Waals surface area contributed by atoms with Crippen molar-refractivity contribution in [3.05, 3.63) is 6.42 Å². The van der Waals surface area contributed by atoms with Gasteiger partial charge in [0.2, 0.25) is 0 Å². The number of hydrogen-bond acceptors (Lipinski definition) is 5. The second-order valence-corrected chi connectivity index (χ2v) is 1.25. The van der Waals surface area contributed by atoms with Crippen LogP contribution in [0.2, 0.25) is 0 Å². The van der Waals surface area contributed by atoms with Gasteiger partial charge in [0.1, 0.15) is 0 Å². The molecular formula is C4H3Na3O5. The Bertz CT molecular complexity index is 139. The average molecular weight is 200 g/mol. The largest absolute Gasteiger partial charge is 1.00 e. The summed E-state index contributed by atoms with van der Waals surface area (Å²) >= 11 is 0. The normalized spacial score (nSPS) is 9.08. The average Bonchev–Trinajstić information content (AvgIpc) is 1.63. The van der Waals surface area contributed by atoms with E-state index < -0.39 is 18.0 Å². The van der Waals surface area contributed by atoms with Crippen molar-refractivity contribution in [2.75, 3.05) is 0 Å². The third-order valence-electron chi connectivity index (χ3n) is 0.535. The molecule has 8 heteroatoms. The van der Waals surface area contributed by atoms with Gasteiger partial charge in [-0.15, -0.1) is 0 Å². The molecule has 0 fully saturated rings. The van der Waals surface area contributed by atoms with E-state index in [-0.39, 0.29) is 95.1 Å². The summed E-state index contributed by atoms with van der Waals surface area (Å²) in [6, 6.07) is 0. The number of rotatable bonds is 3. The molecule has 0 radical (unpaired) electrons. The molecule has 0 aromatic carbocycles. The maximum Gasteiger partial charge on any atom is 1.00 e. The molecule has 0 spiro atoms. The Kier molecular flexibility index (Phi) is 25.0. The van der Waals surface area contributed by atoms with E-state index in [0.717, 1.165) is 0 Å². The molecule has 0 aromatic rings. The Hall–Kier alpha value is 1.77. The van der Waals surface area contributed by atoms with Crippen molar-refractivity contribution in [2.45, 2.75) is 6.10 Å². The quantitative estimate of drug-likeness (QED) is 0.360. The fraction of sp³-hybridized carbons (Fsp3) is 0.250. The summed E-state index contributed by atoms with van der Waals surface area (Å²) in [4.78, 5) is 19.0. The van der Waals surface area contributed by atoms with E-state index in [1.807, 2.05) is 0 Å². The van der Waals surface area contributed by atoms with E-state index in [9.17, 15) is 19.8 Å². The first-order valence-electron chi connectivity index (χ1n) is 1.99. The summed E-state index contributed by atoms with van der Waals surface area (Å²) in [5.74, 6) is -3.61. The molecule has 0 rings (SSSR count). The van der Waals surface area contributed by atoms with Gasteiger partial charge in [-0.2, -0.15) is 0 Å². The van der Waals surface area contributed by atoms with Crippen molar-refractivity contribution in [3.63, 3.8) is 0 Å². The van der Waals surface area contributed by atoms with Gasteiger partial charge < -0.3 is 31.3 Å². The molecule has 0 bridgehead atoms. The SMILES string of the molecule is O=C([O-])[CH-]C(O)C(=O)[O-].[Na+].[Na+].[Na+]. The number of aliphatic hydroxyl groups is 1. The first-order valence-corrected chi connectivity index (χ1v) is 1.99. The van der Waals surface area contributed by atoms with Gasteiger partial charge in [0.05, 0.1) is 0 Å². The Balaban J connectivity index is -0.000000107. The molecule has 1 N–H and O–H groups in total. The van der Waals surface area contributed by atoms with Crippen LogP contribution in [0.4, 0.5) is 0 Å². The van der Waals surface area contributed by atoms with Crippen molar-refractivity contribution < 1.29 is 114 Å². The van der Waals surface area contributed by atoms with E-state index in [1.165, 1.54) is 0 Å². The molecule has 0 aliphatic rings. The second-order valence-electron chi connectivity index (χ2n) is 1.25. The molecule has 0 aliphatic heterocycles. The fourth-order valence-corrected chi connectivity index (χ4v) is 0.197. The smallest absolute Gasteiger partial charge is 0.584 e. The Morgan fingerprint density at radius 2 is 1.50 bits per heavy atom. The summed E-state index contributed by atoms with van der Waals surface area (Å²) in [7, 11) is 0. The number of aliphatic hydroxyl groups excluding tert-OH is 1. The summed E-state index contributed by atoms with van der Waals surface area (Å²) in [6.07, 6.45) is -1.98. The van der Waals surface area contributed by atoms with Crippen LogP contribution >= 0.6 is 0 Å². The minimum absolute atomic E-state index is 0. The van der Waals surface area contributed by atoms with Crippen molar-refractivity contribution in [2.24, 2.45) is 0 Å². The maximum absolute atomic E-state index is 9.55. The molecule has 0 aliphatic carbocycles. The fourth-order valence-electron chi connectivity index (χ4n) is 0.197. The number of carboxylic acid groups (broad SMARTS) is 2. The Morgan fingerprint density at radius 3 is 1.58 bits per heavy atom. The molecule has 0 saturated heterocycles. The van der Waals surface area contributed by atoms with Crippen LogP contribution in [0, 0.1) is 6.42 Å². The first kappa shape index (κ1) is 23.5. The van der Waals surface area contributed by atoms with Gasteiger partial charge in [-0.3, -0.25) is 0 Å². The predicted molar refractivity (Wildman–Crippen MR) is 20.3 cm³/mol. The zero-order valence-electron chi connectivity index (χ0n) is 7.23. The molecule has 0 amide bonds. The number of carboxylic acids is 2. The van der Waals surface area contributed by atoms with Crippen molar-refractivity contribution in [1.29, 1.82) is 0 Å². The van der Waals surface area contributed by atoms with Crippen molar-refractivity contribution in [1.82, 2.24) is 0 Å². The summed E-state index contributed by atoms with van der Waals surface area (Å²) in [5.41, 5.74) is 0. The summed E-state index contributed by atoms with van der Waals surface area (Å²) in [6.45, 7) is 0. The van der Waals surface area contributed by atoms with Crippen LogP contribution in [0.5, 0.6) is 0 Å². The van der Waals surface area contributed by atoms with Gasteiger partial charge in [-0.05, 0) is 6.10 Å². The van der Waals surface area contributed by atoms with Gasteiger partial charge >= 0.3 is 88.7 Å². The monoisotopic (exact) mass is 200 g/mol. The van der Waals surface area contributed by atoms with Gasteiger partial charge in [0, 0.05) is 5.97 Å². The van der Waals surface area contributed by atoms with E-state index in [2.05, 4.69) is 0 Å². The topological polar surface area (TPSA) is 100 Å². The third-order valence-corrected chi connectivity index (χ3v) is 0.535. The summed E-state index contributed by atoms with van der Waals surface area (Å²) in [5, 5.41) is 27.2. The molecule has 12 heavy (non-hydrogen) atoms. The molecule has 52 valence electrons. The first-order chi connectivity index (χ1) is 4.04. The molecule has 5 nitrogen and oxygen atoms in total. The van der Waals surface area contributed by atoms with Gasteiger partial charge in [0.25, 0.3) is 0 Å². The molecular weight excluding hydrogens is 197 g/mol. The molecule has 0 aromatic heterocycles. The van der Waals surface area contributed by atoms with Crippen LogP contribution in [0.1, 0.15) is 0 Å². The Labute approximate surface area is 136 Å². The maximum atomic E-state index is 9.55. The number of hydrogen-bond donors (Lipinski definition) is 1. The van der Waals surface area contributed by atoms with Gasteiger partial charge in [-0.1, -0.05) is 5.97 Å². The minimum atomic E-state index is -2.09. The number of aliphatic carboxylic acids is 2. The summed E-state index contributed by atoms with van der Waals surface area (Å²) < 4.78 is 0. The Morgan fingerprint density at radius 1 is 1.17 bits per heavy atom. The van der Waals surface area contributed by atoms with Crippen LogP contribution < -0.4 is 98.9 Å². The zero-order valence-corrected chi connectivity index (χ0v) is 13.2. The van der Waals surface area contributed by atoms with E-state index in [4.69, 9.17) is 5.11 Å². The molecule has 1 atom stereocenters. The minimum Gasteiger partial charge on any atom is -0.584 e.